The molecule has 2 heteroatoms. The fraction of sp³-hybridized carbons (Fsp3) is 1.00. The topological polar surface area (TPSA) is 23.5 Å². The Kier molecular flexibility index (Phi) is 6.50. The Morgan fingerprint density at radius 2 is 1.76 bits per heavy atom. The van der Waals surface area contributed by atoms with Crippen LogP contribution in [-0.4, -0.2) is 35.7 Å². The largest absolute Gasteiger partial charge is 0.393 e. The minimum atomic E-state index is -0.0782. The third-order valence-electron chi connectivity index (χ3n) is 4.82. The molecule has 1 N–H and O–H groups in total. The number of nitrogens with zero attached hydrogens (tertiary/aromatic N) is 1. The quantitative estimate of drug-likeness (QED) is 0.772. The van der Waals surface area contributed by atoms with Crippen molar-refractivity contribution in [2.24, 2.45) is 17.8 Å². The number of hydrogen-bond donors (Lipinski definition) is 1. The summed E-state index contributed by atoms with van der Waals surface area (Å²) in [6.07, 6.45) is 4.62. The highest BCUT2D eigenvalue weighted by Crippen LogP contribution is 2.35. The molecule has 0 bridgehead atoms. The van der Waals surface area contributed by atoms with E-state index >= 15 is 0 Å². The first kappa shape index (κ1) is 15.0. The zero-order valence-corrected chi connectivity index (χ0v) is 12.2. The van der Waals surface area contributed by atoms with Crippen LogP contribution < -0.4 is 0 Å². The summed E-state index contributed by atoms with van der Waals surface area (Å²) in [6, 6.07) is 0. The monoisotopic (exact) mass is 241 g/mol. The smallest absolute Gasteiger partial charge is 0.0580 e. The Morgan fingerprint density at radius 1 is 1.12 bits per heavy atom. The summed E-state index contributed by atoms with van der Waals surface area (Å²) < 4.78 is 0. The van der Waals surface area contributed by atoms with Gasteiger partial charge < -0.3 is 10.0 Å². The Labute approximate surface area is 107 Å². The van der Waals surface area contributed by atoms with E-state index in [-0.39, 0.29) is 6.10 Å². The van der Waals surface area contributed by atoms with Crippen LogP contribution in [0.15, 0.2) is 0 Å². The summed E-state index contributed by atoms with van der Waals surface area (Å²) in [5.41, 5.74) is 0. The standard InChI is InChI=1S/C15H31NO/c1-5-16(6-2)10-9-15(17)14-8-7-12(3)13(4)11-14/h12-15,17H,5-11H2,1-4H3. The maximum absolute atomic E-state index is 10.3. The van der Waals surface area contributed by atoms with E-state index in [2.05, 4.69) is 32.6 Å². The molecule has 1 aliphatic rings. The SMILES string of the molecule is CCN(CC)CCC(O)C1CCC(C)C(C)C1. The lowest BCUT2D eigenvalue weighted by Crippen LogP contribution is -2.33. The molecule has 0 aromatic rings. The van der Waals surface area contributed by atoms with Crippen molar-refractivity contribution in [3.63, 3.8) is 0 Å². The molecule has 0 saturated heterocycles. The molecule has 4 unspecified atom stereocenters. The third kappa shape index (κ3) is 4.59. The van der Waals surface area contributed by atoms with E-state index in [1.54, 1.807) is 0 Å². The molecule has 0 aromatic carbocycles. The molecule has 17 heavy (non-hydrogen) atoms. The van der Waals surface area contributed by atoms with Crippen LogP contribution in [0.4, 0.5) is 0 Å². The predicted octanol–water partition coefficient (Wildman–Crippen LogP) is 3.15. The Morgan fingerprint density at radius 3 is 2.29 bits per heavy atom. The fourth-order valence-electron chi connectivity index (χ4n) is 3.03. The molecule has 1 fully saturated rings. The Hall–Kier alpha value is -0.0800. The lowest BCUT2D eigenvalue weighted by Gasteiger charge is -2.35. The van der Waals surface area contributed by atoms with Crippen molar-refractivity contribution in [2.45, 2.75) is 59.5 Å². The highest BCUT2D eigenvalue weighted by atomic mass is 16.3. The van der Waals surface area contributed by atoms with Crippen molar-refractivity contribution in [3.05, 3.63) is 0 Å². The van der Waals surface area contributed by atoms with Crippen molar-refractivity contribution < 1.29 is 5.11 Å². The van der Waals surface area contributed by atoms with Crippen LogP contribution in [0, 0.1) is 17.8 Å². The summed E-state index contributed by atoms with van der Waals surface area (Å²) in [5, 5.41) is 10.3. The molecule has 2 nitrogen and oxygen atoms in total. The van der Waals surface area contributed by atoms with Crippen molar-refractivity contribution in [1.29, 1.82) is 0 Å². The average molecular weight is 241 g/mol. The van der Waals surface area contributed by atoms with Crippen molar-refractivity contribution in [2.75, 3.05) is 19.6 Å². The van der Waals surface area contributed by atoms with Crippen LogP contribution in [0.25, 0.3) is 0 Å². The molecule has 102 valence electrons. The summed E-state index contributed by atoms with van der Waals surface area (Å²) in [7, 11) is 0. The lowest BCUT2D eigenvalue weighted by molar-refractivity contribution is 0.0435. The van der Waals surface area contributed by atoms with Crippen LogP contribution in [-0.2, 0) is 0 Å². The van der Waals surface area contributed by atoms with Crippen LogP contribution in [0.2, 0.25) is 0 Å². The number of aliphatic hydroxyl groups is 1. The van der Waals surface area contributed by atoms with Gasteiger partial charge in [-0.15, -0.1) is 0 Å². The molecule has 0 heterocycles. The minimum Gasteiger partial charge on any atom is -0.393 e. The molecule has 1 rings (SSSR count). The van der Waals surface area contributed by atoms with Gasteiger partial charge in [0, 0.05) is 6.54 Å². The predicted molar refractivity (Wildman–Crippen MR) is 74.1 cm³/mol. The van der Waals surface area contributed by atoms with Crippen molar-refractivity contribution in [3.8, 4) is 0 Å². The second-order valence-corrected chi connectivity index (χ2v) is 5.91. The van der Waals surface area contributed by atoms with Gasteiger partial charge in [0.2, 0.25) is 0 Å². The lowest BCUT2D eigenvalue weighted by atomic mass is 9.73. The van der Waals surface area contributed by atoms with E-state index in [4.69, 9.17) is 0 Å². The number of hydrogen-bond acceptors (Lipinski definition) is 2. The zero-order valence-electron chi connectivity index (χ0n) is 12.2. The van der Waals surface area contributed by atoms with E-state index in [9.17, 15) is 5.11 Å². The molecule has 1 saturated carbocycles. The molecular weight excluding hydrogens is 210 g/mol. The van der Waals surface area contributed by atoms with Crippen molar-refractivity contribution in [1.82, 2.24) is 4.90 Å². The van der Waals surface area contributed by atoms with Gasteiger partial charge in [0.05, 0.1) is 6.10 Å². The maximum Gasteiger partial charge on any atom is 0.0580 e. The first-order chi connectivity index (χ1) is 8.08. The van der Waals surface area contributed by atoms with Crippen molar-refractivity contribution >= 4 is 0 Å². The van der Waals surface area contributed by atoms with Gasteiger partial charge in [-0.3, -0.25) is 0 Å². The molecule has 0 aromatic heterocycles. The van der Waals surface area contributed by atoms with Crippen LogP contribution in [0.3, 0.4) is 0 Å². The van der Waals surface area contributed by atoms with Gasteiger partial charge in [-0.25, -0.2) is 0 Å². The van der Waals surface area contributed by atoms with E-state index < -0.39 is 0 Å². The fourth-order valence-corrected chi connectivity index (χ4v) is 3.03. The Bertz CT molecular complexity index is 203. The van der Waals surface area contributed by atoms with Crippen LogP contribution in [0.5, 0.6) is 0 Å². The van der Waals surface area contributed by atoms with E-state index in [1.807, 2.05) is 0 Å². The Balaban J connectivity index is 2.30. The summed E-state index contributed by atoms with van der Waals surface area (Å²) in [4.78, 5) is 2.40. The van der Waals surface area contributed by atoms with E-state index in [0.29, 0.717) is 5.92 Å². The average Bonchev–Trinajstić information content (AvgIpc) is 2.33. The summed E-state index contributed by atoms with van der Waals surface area (Å²) in [5.74, 6) is 2.19. The van der Waals surface area contributed by atoms with Crippen LogP contribution in [0.1, 0.15) is 53.4 Å². The number of aliphatic hydroxyl groups excluding tert-OH is 1. The molecule has 4 atom stereocenters. The minimum absolute atomic E-state index is 0.0782. The van der Waals surface area contributed by atoms with Gasteiger partial charge in [-0.2, -0.15) is 0 Å². The number of rotatable bonds is 6. The van der Waals surface area contributed by atoms with Gasteiger partial charge in [0.25, 0.3) is 0 Å². The maximum atomic E-state index is 10.3. The molecule has 0 amide bonds. The first-order valence-electron chi connectivity index (χ1n) is 7.48. The second-order valence-electron chi connectivity index (χ2n) is 5.91. The molecular formula is C15H31NO. The molecule has 1 aliphatic carbocycles. The normalized spacial score (nSPS) is 31.8. The highest BCUT2D eigenvalue weighted by Gasteiger charge is 2.29. The van der Waals surface area contributed by atoms with Crippen LogP contribution >= 0.6 is 0 Å². The van der Waals surface area contributed by atoms with Gasteiger partial charge in [0.15, 0.2) is 0 Å². The van der Waals surface area contributed by atoms with Gasteiger partial charge >= 0.3 is 0 Å². The zero-order chi connectivity index (χ0) is 12.8. The third-order valence-corrected chi connectivity index (χ3v) is 4.82. The molecule has 0 aliphatic heterocycles. The van der Waals surface area contributed by atoms with E-state index in [1.165, 1.54) is 19.3 Å². The van der Waals surface area contributed by atoms with Gasteiger partial charge in [-0.1, -0.05) is 34.1 Å². The molecule has 0 spiro atoms. The summed E-state index contributed by atoms with van der Waals surface area (Å²) in [6.45, 7) is 12.3. The van der Waals surface area contributed by atoms with Gasteiger partial charge in [0.1, 0.15) is 0 Å². The first-order valence-corrected chi connectivity index (χ1v) is 7.48. The van der Waals surface area contributed by atoms with Gasteiger partial charge in [-0.05, 0) is 50.1 Å². The molecule has 0 radical (unpaired) electrons. The summed E-state index contributed by atoms with van der Waals surface area (Å²) >= 11 is 0. The van der Waals surface area contributed by atoms with E-state index in [0.717, 1.165) is 37.9 Å². The highest BCUT2D eigenvalue weighted by molar-refractivity contribution is 4.80. The second kappa shape index (κ2) is 7.38.